The van der Waals surface area contributed by atoms with Crippen LogP contribution >= 0.6 is 0 Å². The number of fused-ring (bicyclic) bond motifs is 1. The summed E-state index contributed by atoms with van der Waals surface area (Å²) in [7, 11) is 3.23. The number of aromatic nitrogens is 1. The summed E-state index contributed by atoms with van der Waals surface area (Å²) in [6, 6.07) is 11.3. The molecule has 0 unspecified atom stereocenters. The average molecular weight is 353 g/mol. The minimum atomic E-state index is -0.310. The molecule has 0 fully saturated rings. The van der Waals surface area contributed by atoms with Gasteiger partial charge >= 0.3 is 0 Å². The van der Waals surface area contributed by atoms with Crippen molar-refractivity contribution in [3.8, 4) is 22.8 Å². The molecule has 1 amide bonds. The number of H-pyrrole nitrogens is 1. The minimum Gasteiger partial charge on any atom is -0.493 e. The summed E-state index contributed by atoms with van der Waals surface area (Å²) in [5.74, 6) is 6.56. The van der Waals surface area contributed by atoms with Crippen LogP contribution in [-0.4, -0.2) is 25.1 Å². The summed E-state index contributed by atoms with van der Waals surface area (Å²) >= 11 is 0. The Morgan fingerprint density at radius 2 is 1.81 bits per heavy atom. The van der Waals surface area contributed by atoms with E-state index in [2.05, 4.69) is 24.3 Å². The van der Waals surface area contributed by atoms with Gasteiger partial charge in [-0.05, 0) is 47.9 Å². The van der Waals surface area contributed by atoms with E-state index in [1.54, 1.807) is 20.3 Å². The Morgan fingerprint density at radius 3 is 2.42 bits per heavy atom. The molecule has 0 aliphatic heterocycles. The summed E-state index contributed by atoms with van der Waals surface area (Å²) in [6.07, 6.45) is 0. The summed E-state index contributed by atoms with van der Waals surface area (Å²) < 4.78 is 10.8. The first-order chi connectivity index (χ1) is 12.5. The zero-order valence-electron chi connectivity index (χ0n) is 15.3. The largest absolute Gasteiger partial charge is 0.493 e. The van der Waals surface area contributed by atoms with Crippen molar-refractivity contribution in [2.75, 3.05) is 14.2 Å². The summed E-state index contributed by atoms with van der Waals surface area (Å²) in [4.78, 5) is 15.4. The van der Waals surface area contributed by atoms with Crippen LogP contribution in [0.25, 0.3) is 22.2 Å². The van der Waals surface area contributed by atoms with Gasteiger partial charge in [0.15, 0.2) is 11.5 Å². The molecule has 0 aliphatic carbocycles. The van der Waals surface area contributed by atoms with E-state index >= 15 is 0 Å². The highest BCUT2D eigenvalue weighted by Gasteiger charge is 2.18. The molecule has 0 saturated heterocycles. The van der Waals surface area contributed by atoms with Crippen LogP contribution in [0.2, 0.25) is 0 Å². The van der Waals surface area contributed by atoms with E-state index in [1.807, 2.05) is 30.3 Å². The van der Waals surface area contributed by atoms with E-state index in [0.29, 0.717) is 17.1 Å². The van der Waals surface area contributed by atoms with Gasteiger partial charge in [0.25, 0.3) is 5.91 Å². The molecule has 6 nitrogen and oxygen atoms in total. The Labute approximate surface area is 152 Å². The van der Waals surface area contributed by atoms with Gasteiger partial charge in [0.1, 0.15) is 0 Å². The molecule has 1 aromatic heterocycles. The van der Waals surface area contributed by atoms with Crippen molar-refractivity contribution in [1.29, 1.82) is 0 Å². The lowest BCUT2D eigenvalue weighted by Crippen LogP contribution is -2.29. The summed E-state index contributed by atoms with van der Waals surface area (Å²) in [6.45, 7) is 4.26. The zero-order valence-corrected chi connectivity index (χ0v) is 15.3. The maximum absolute atomic E-state index is 11.9. The summed E-state index contributed by atoms with van der Waals surface area (Å²) in [5, 5.41) is 1.01. The van der Waals surface area contributed by atoms with Crippen LogP contribution in [0.1, 0.15) is 35.7 Å². The van der Waals surface area contributed by atoms with Gasteiger partial charge in [-0.15, -0.1) is 0 Å². The van der Waals surface area contributed by atoms with E-state index in [9.17, 15) is 4.79 Å². The van der Waals surface area contributed by atoms with Gasteiger partial charge in [-0.1, -0.05) is 13.8 Å². The Balaban J connectivity index is 2.23. The molecule has 6 heteroatoms. The van der Waals surface area contributed by atoms with Crippen molar-refractivity contribution < 1.29 is 14.3 Å². The molecule has 0 spiro atoms. The van der Waals surface area contributed by atoms with Crippen molar-refractivity contribution in [3.05, 3.63) is 47.5 Å². The summed E-state index contributed by atoms with van der Waals surface area (Å²) in [5.41, 5.74) is 6.81. The van der Waals surface area contributed by atoms with Crippen LogP contribution in [0, 0.1) is 0 Å². The van der Waals surface area contributed by atoms with E-state index in [1.165, 1.54) is 0 Å². The molecule has 0 aliphatic rings. The third kappa shape index (κ3) is 2.99. The Bertz CT molecular complexity index is 960. The van der Waals surface area contributed by atoms with Crippen LogP contribution < -0.4 is 20.7 Å². The van der Waals surface area contributed by atoms with Gasteiger partial charge in [0.2, 0.25) is 0 Å². The molecule has 26 heavy (non-hydrogen) atoms. The number of hydrogen-bond acceptors (Lipinski definition) is 4. The number of ether oxygens (including phenoxy) is 2. The molecule has 2 aromatic carbocycles. The molecule has 4 N–H and O–H groups in total. The number of hydrazine groups is 1. The third-order valence-corrected chi connectivity index (χ3v) is 4.48. The number of benzene rings is 2. The van der Waals surface area contributed by atoms with E-state index < -0.39 is 0 Å². The van der Waals surface area contributed by atoms with E-state index in [0.717, 1.165) is 27.7 Å². The average Bonchev–Trinajstić information content (AvgIpc) is 3.05. The monoisotopic (exact) mass is 353 g/mol. The molecular weight excluding hydrogens is 330 g/mol. The first kappa shape index (κ1) is 17.8. The molecular formula is C20H23N3O3. The highest BCUT2D eigenvalue weighted by Crippen LogP contribution is 2.39. The highest BCUT2D eigenvalue weighted by atomic mass is 16.5. The lowest BCUT2D eigenvalue weighted by atomic mass is 9.95. The molecule has 3 aromatic rings. The molecule has 0 saturated carbocycles. The van der Waals surface area contributed by atoms with Crippen molar-refractivity contribution >= 4 is 16.8 Å². The number of nitrogens with one attached hydrogen (secondary N) is 2. The smallest absolute Gasteiger partial charge is 0.265 e. The SMILES string of the molecule is COc1ccc(-c2[nH]c3ccc(C(=O)NN)cc3c2C(C)C)cc1OC. The number of carbonyl (C=O) groups is 1. The van der Waals surface area contributed by atoms with E-state index in [4.69, 9.17) is 15.3 Å². The second-order valence-corrected chi connectivity index (χ2v) is 6.37. The first-order valence-corrected chi connectivity index (χ1v) is 8.39. The number of hydrogen-bond donors (Lipinski definition) is 3. The van der Waals surface area contributed by atoms with Crippen LogP contribution in [0.15, 0.2) is 36.4 Å². The normalized spacial score (nSPS) is 11.0. The van der Waals surface area contributed by atoms with Crippen molar-refractivity contribution in [2.45, 2.75) is 19.8 Å². The third-order valence-electron chi connectivity index (χ3n) is 4.48. The van der Waals surface area contributed by atoms with Crippen molar-refractivity contribution in [1.82, 2.24) is 10.4 Å². The molecule has 0 atom stereocenters. The quantitative estimate of drug-likeness (QED) is 0.371. The molecule has 136 valence electrons. The standard InChI is InChI=1S/C20H23N3O3/c1-11(2)18-14-9-13(20(24)23-21)5-7-15(14)22-19(18)12-6-8-16(25-3)17(10-12)26-4/h5-11,22H,21H2,1-4H3,(H,23,24). The van der Waals surface area contributed by atoms with Crippen LogP contribution in [0.5, 0.6) is 11.5 Å². The highest BCUT2D eigenvalue weighted by molar-refractivity contribution is 6.00. The number of carbonyl (C=O) groups excluding carboxylic acids is 1. The minimum absolute atomic E-state index is 0.253. The number of nitrogen functional groups attached to an aromatic ring is 1. The Morgan fingerprint density at radius 1 is 1.08 bits per heavy atom. The van der Waals surface area contributed by atoms with Gasteiger partial charge in [-0.2, -0.15) is 0 Å². The van der Waals surface area contributed by atoms with Gasteiger partial charge in [0.05, 0.1) is 19.9 Å². The fraction of sp³-hybridized carbons (Fsp3) is 0.250. The fourth-order valence-electron chi connectivity index (χ4n) is 3.26. The predicted molar refractivity (Wildman–Crippen MR) is 103 cm³/mol. The number of methoxy groups -OCH3 is 2. The topological polar surface area (TPSA) is 89.4 Å². The van der Waals surface area contributed by atoms with E-state index in [-0.39, 0.29) is 11.8 Å². The number of amides is 1. The lowest BCUT2D eigenvalue weighted by Gasteiger charge is -2.12. The fourth-order valence-corrected chi connectivity index (χ4v) is 3.26. The first-order valence-electron chi connectivity index (χ1n) is 8.39. The van der Waals surface area contributed by atoms with Crippen molar-refractivity contribution in [2.24, 2.45) is 5.84 Å². The lowest BCUT2D eigenvalue weighted by molar-refractivity contribution is 0.0954. The molecule has 1 heterocycles. The number of rotatable bonds is 5. The van der Waals surface area contributed by atoms with Gasteiger partial charge in [-0.25, -0.2) is 5.84 Å². The number of nitrogens with two attached hydrogens (primary N) is 1. The van der Waals surface area contributed by atoms with Crippen LogP contribution in [-0.2, 0) is 0 Å². The van der Waals surface area contributed by atoms with Gasteiger partial charge < -0.3 is 14.5 Å². The maximum atomic E-state index is 11.9. The van der Waals surface area contributed by atoms with Crippen LogP contribution in [0.3, 0.4) is 0 Å². The zero-order chi connectivity index (χ0) is 18.8. The predicted octanol–water partition coefficient (Wildman–Crippen LogP) is 3.58. The van der Waals surface area contributed by atoms with Gasteiger partial charge in [-0.3, -0.25) is 10.2 Å². The van der Waals surface area contributed by atoms with Gasteiger partial charge in [0, 0.05) is 22.0 Å². The molecule has 0 bridgehead atoms. The second kappa shape index (κ2) is 7.09. The molecule has 3 rings (SSSR count). The maximum Gasteiger partial charge on any atom is 0.265 e. The molecule has 0 radical (unpaired) electrons. The van der Waals surface area contributed by atoms with Crippen LogP contribution in [0.4, 0.5) is 0 Å². The Kier molecular flexibility index (Phi) is 4.86. The second-order valence-electron chi connectivity index (χ2n) is 6.37. The Hall–Kier alpha value is -2.99. The number of aromatic amines is 1. The van der Waals surface area contributed by atoms with Crippen molar-refractivity contribution in [3.63, 3.8) is 0 Å².